The summed E-state index contributed by atoms with van der Waals surface area (Å²) in [4.78, 5) is 28.1. The zero-order chi connectivity index (χ0) is 19.8. The molecule has 1 saturated heterocycles. The minimum Gasteiger partial charge on any atom is -0.497 e. The molecule has 27 heavy (non-hydrogen) atoms. The van der Waals surface area contributed by atoms with Crippen LogP contribution in [0.3, 0.4) is 0 Å². The summed E-state index contributed by atoms with van der Waals surface area (Å²) in [6.45, 7) is 8.58. The molecule has 2 amide bonds. The molecule has 0 saturated carbocycles. The van der Waals surface area contributed by atoms with E-state index >= 15 is 0 Å². The van der Waals surface area contributed by atoms with Gasteiger partial charge in [-0.3, -0.25) is 9.59 Å². The summed E-state index contributed by atoms with van der Waals surface area (Å²) >= 11 is 0. The fourth-order valence-electron chi connectivity index (χ4n) is 3.42. The summed E-state index contributed by atoms with van der Waals surface area (Å²) in [5.41, 5.74) is 0.641. The van der Waals surface area contributed by atoms with Crippen LogP contribution in [0.25, 0.3) is 0 Å². The van der Waals surface area contributed by atoms with Crippen LogP contribution in [0, 0.1) is 5.92 Å². The predicted octanol–water partition coefficient (Wildman–Crippen LogP) is 0.488. The molecule has 0 unspecified atom stereocenters. The Bertz CT molecular complexity index is 646. The fraction of sp³-hybridized carbons (Fsp3) is 0.600. The highest BCUT2D eigenvalue weighted by molar-refractivity contribution is 6.01. The molecule has 2 N–H and O–H groups in total. The van der Waals surface area contributed by atoms with Crippen molar-refractivity contribution in [2.24, 2.45) is 5.92 Å². The van der Waals surface area contributed by atoms with Crippen LogP contribution in [0.5, 0.6) is 11.5 Å². The molecular weight excluding hydrogens is 346 g/mol. The summed E-state index contributed by atoms with van der Waals surface area (Å²) in [5.74, 6) is 0.767. The van der Waals surface area contributed by atoms with Crippen molar-refractivity contribution in [2.45, 2.75) is 26.7 Å². The Hall–Kier alpha value is -2.28. The summed E-state index contributed by atoms with van der Waals surface area (Å²) < 4.78 is 10.6. The minimum absolute atomic E-state index is 0.0535. The molecule has 1 aromatic carbocycles. The van der Waals surface area contributed by atoms with Gasteiger partial charge in [0.2, 0.25) is 11.8 Å². The smallest absolute Gasteiger partial charge is 0.227 e. The summed E-state index contributed by atoms with van der Waals surface area (Å²) in [5, 5.41) is 2.98. The topological polar surface area (TPSA) is 72.3 Å². The molecule has 7 heteroatoms. The second-order valence-electron chi connectivity index (χ2n) is 6.79. The molecule has 150 valence electrons. The van der Waals surface area contributed by atoms with E-state index in [9.17, 15) is 9.59 Å². The van der Waals surface area contributed by atoms with Gasteiger partial charge >= 0.3 is 0 Å². The fourth-order valence-corrected chi connectivity index (χ4v) is 3.42. The number of rotatable bonds is 10. The number of hydrogen-bond donors (Lipinski definition) is 2. The van der Waals surface area contributed by atoms with E-state index in [1.165, 1.54) is 4.90 Å². The number of nitrogens with one attached hydrogen (secondary N) is 2. The number of carbonyl (C=O) groups excluding carboxylic acids is 2. The quantitative estimate of drug-likeness (QED) is 0.581. The molecule has 0 spiro atoms. The molecule has 2 rings (SSSR count). The molecule has 1 fully saturated rings. The third kappa shape index (κ3) is 5.35. The van der Waals surface area contributed by atoms with Gasteiger partial charge < -0.3 is 24.6 Å². The first-order valence-electron chi connectivity index (χ1n) is 9.67. The van der Waals surface area contributed by atoms with Crippen LogP contribution >= 0.6 is 0 Å². The Morgan fingerprint density at radius 3 is 2.63 bits per heavy atom. The van der Waals surface area contributed by atoms with Crippen molar-refractivity contribution in [2.75, 3.05) is 51.8 Å². The van der Waals surface area contributed by atoms with Crippen LogP contribution in [0.2, 0.25) is 0 Å². The average Bonchev–Trinajstić information content (AvgIpc) is 3.09. The van der Waals surface area contributed by atoms with Crippen LogP contribution in [0.1, 0.15) is 26.7 Å². The van der Waals surface area contributed by atoms with Gasteiger partial charge in [0.15, 0.2) is 0 Å². The van der Waals surface area contributed by atoms with E-state index in [4.69, 9.17) is 9.47 Å². The first kappa shape index (κ1) is 21.0. The van der Waals surface area contributed by atoms with Gasteiger partial charge in [-0.05, 0) is 26.0 Å². The maximum absolute atomic E-state index is 12.5. The Balaban J connectivity index is 1.94. The van der Waals surface area contributed by atoms with Crippen LogP contribution < -0.4 is 24.6 Å². The Kier molecular flexibility index (Phi) is 7.91. The number of quaternary nitrogens is 1. The van der Waals surface area contributed by atoms with Crippen molar-refractivity contribution < 1.29 is 24.0 Å². The van der Waals surface area contributed by atoms with Gasteiger partial charge in [-0.25, -0.2) is 0 Å². The van der Waals surface area contributed by atoms with Crippen LogP contribution in [0.15, 0.2) is 18.2 Å². The SMILES string of the molecule is CC[NH+](CC)CCCNC(=O)[C@H]1CC(=O)N(c2cc(OC)ccc2OC)C1. The lowest BCUT2D eigenvalue weighted by atomic mass is 10.1. The van der Waals surface area contributed by atoms with Crippen molar-refractivity contribution in [3.63, 3.8) is 0 Å². The summed E-state index contributed by atoms with van der Waals surface area (Å²) in [6, 6.07) is 5.32. The molecule has 0 radical (unpaired) electrons. The number of methoxy groups -OCH3 is 2. The van der Waals surface area contributed by atoms with Crippen molar-refractivity contribution >= 4 is 17.5 Å². The lowest BCUT2D eigenvalue weighted by molar-refractivity contribution is -0.896. The number of ether oxygens (including phenoxy) is 2. The van der Waals surface area contributed by atoms with Gasteiger partial charge in [-0.2, -0.15) is 0 Å². The maximum Gasteiger partial charge on any atom is 0.227 e. The van der Waals surface area contributed by atoms with Crippen molar-refractivity contribution in [3.05, 3.63) is 18.2 Å². The van der Waals surface area contributed by atoms with Gasteiger partial charge in [0.1, 0.15) is 11.5 Å². The van der Waals surface area contributed by atoms with Gasteiger partial charge in [-0.15, -0.1) is 0 Å². The molecule has 1 aromatic rings. The Labute approximate surface area is 161 Å². The molecule has 1 aliphatic heterocycles. The van der Waals surface area contributed by atoms with Crippen molar-refractivity contribution in [1.29, 1.82) is 0 Å². The zero-order valence-electron chi connectivity index (χ0n) is 16.8. The van der Waals surface area contributed by atoms with E-state index in [1.54, 1.807) is 37.3 Å². The third-order valence-electron chi connectivity index (χ3n) is 5.18. The van der Waals surface area contributed by atoms with E-state index in [-0.39, 0.29) is 24.2 Å². The molecule has 0 bridgehead atoms. The van der Waals surface area contributed by atoms with E-state index in [0.29, 0.717) is 30.3 Å². The van der Waals surface area contributed by atoms with Crippen LogP contribution in [0.4, 0.5) is 5.69 Å². The van der Waals surface area contributed by atoms with Gasteiger partial charge in [0.25, 0.3) is 0 Å². The monoisotopic (exact) mass is 378 g/mol. The van der Waals surface area contributed by atoms with Gasteiger partial charge in [0, 0.05) is 32.0 Å². The van der Waals surface area contributed by atoms with Gasteiger partial charge in [-0.1, -0.05) is 0 Å². The third-order valence-corrected chi connectivity index (χ3v) is 5.18. The predicted molar refractivity (Wildman–Crippen MR) is 105 cm³/mol. The minimum atomic E-state index is -0.339. The largest absolute Gasteiger partial charge is 0.497 e. The zero-order valence-corrected chi connectivity index (χ0v) is 16.8. The molecule has 1 heterocycles. The first-order chi connectivity index (χ1) is 13.0. The number of benzene rings is 1. The van der Waals surface area contributed by atoms with E-state index in [0.717, 1.165) is 26.1 Å². The first-order valence-corrected chi connectivity index (χ1v) is 9.67. The van der Waals surface area contributed by atoms with Crippen LogP contribution in [-0.2, 0) is 9.59 Å². The summed E-state index contributed by atoms with van der Waals surface area (Å²) in [7, 11) is 3.14. The Morgan fingerprint density at radius 1 is 1.26 bits per heavy atom. The highest BCUT2D eigenvalue weighted by Crippen LogP contribution is 2.35. The maximum atomic E-state index is 12.5. The lowest BCUT2D eigenvalue weighted by Crippen LogP contribution is -3.11. The highest BCUT2D eigenvalue weighted by atomic mass is 16.5. The van der Waals surface area contributed by atoms with E-state index in [1.807, 2.05) is 0 Å². The Morgan fingerprint density at radius 2 is 2.00 bits per heavy atom. The molecule has 0 aliphatic carbocycles. The molecule has 7 nitrogen and oxygen atoms in total. The standard InChI is InChI=1S/C20H31N3O4/c1-5-22(6-2)11-7-10-21-20(25)15-12-19(24)23(14-15)17-13-16(26-3)8-9-18(17)27-4/h8-9,13,15H,5-7,10-12,14H2,1-4H3,(H,21,25)/p+1/t15-/m0/s1. The van der Waals surface area contributed by atoms with E-state index in [2.05, 4.69) is 19.2 Å². The number of anilines is 1. The summed E-state index contributed by atoms with van der Waals surface area (Å²) in [6.07, 6.45) is 1.16. The molecule has 1 aliphatic rings. The van der Waals surface area contributed by atoms with E-state index < -0.39 is 0 Å². The number of amides is 2. The van der Waals surface area contributed by atoms with Crippen molar-refractivity contribution in [1.82, 2.24) is 5.32 Å². The number of hydrogen-bond acceptors (Lipinski definition) is 4. The molecular formula is C20H32N3O4+. The molecule has 1 atom stereocenters. The van der Waals surface area contributed by atoms with Gasteiger partial charge in [0.05, 0.1) is 45.5 Å². The highest BCUT2D eigenvalue weighted by Gasteiger charge is 2.36. The number of nitrogens with zero attached hydrogens (tertiary/aromatic N) is 1. The lowest BCUT2D eigenvalue weighted by Gasteiger charge is -2.20. The second kappa shape index (κ2) is 10.2. The van der Waals surface area contributed by atoms with Crippen LogP contribution in [-0.4, -0.2) is 58.8 Å². The number of carbonyl (C=O) groups is 2. The molecule has 0 aromatic heterocycles. The van der Waals surface area contributed by atoms with Crippen molar-refractivity contribution in [3.8, 4) is 11.5 Å². The second-order valence-corrected chi connectivity index (χ2v) is 6.79. The normalized spacial score (nSPS) is 16.7. The average molecular weight is 378 g/mol.